The van der Waals surface area contributed by atoms with Crippen molar-refractivity contribution in [3.63, 3.8) is 0 Å². The molecule has 3 rings (SSSR count). The largest absolute Gasteiger partial charge is 0.454 e. The first-order valence-corrected chi connectivity index (χ1v) is 4.05. The van der Waals surface area contributed by atoms with Crippen molar-refractivity contribution in [2.24, 2.45) is 0 Å². The lowest BCUT2D eigenvalue weighted by molar-refractivity contribution is 0.101. The van der Waals surface area contributed by atoms with E-state index in [9.17, 15) is 4.79 Å². The first-order valence-electron chi connectivity index (χ1n) is 4.05. The van der Waals surface area contributed by atoms with Crippen molar-refractivity contribution < 1.29 is 14.3 Å². The van der Waals surface area contributed by atoms with E-state index in [1.165, 1.54) is 0 Å². The maximum Gasteiger partial charge on any atom is 0.231 e. The summed E-state index contributed by atoms with van der Waals surface area (Å²) in [5.41, 5.74) is 1.54. The minimum Gasteiger partial charge on any atom is -0.454 e. The van der Waals surface area contributed by atoms with Crippen molar-refractivity contribution in [2.75, 3.05) is 18.7 Å². The van der Waals surface area contributed by atoms with Crippen LogP contribution < -0.4 is 14.8 Å². The van der Waals surface area contributed by atoms with Crippen molar-refractivity contribution in [3.8, 4) is 11.5 Å². The number of ketones is 1. The van der Waals surface area contributed by atoms with Crippen molar-refractivity contribution in [2.45, 2.75) is 0 Å². The van der Waals surface area contributed by atoms with E-state index in [1.807, 2.05) is 6.07 Å². The number of hydrogen-bond donors (Lipinski definition) is 1. The van der Waals surface area contributed by atoms with Gasteiger partial charge in [-0.05, 0) is 6.07 Å². The number of anilines is 1. The molecule has 0 atom stereocenters. The third-order valence-corrected chi connectivity index (χ3v) is 2.25. The number of rotatable bonds is 0. The van der Waals surface area contributed by atoms with E-state index in [2.05, 4.69) is 5.32 Å². The molecule has 0 fully saturated rings. The number of fused-ring (bicyclic) bond motifs is 2. The molecule has 4 nitrogen and oxygen atoms in total. The van der Waals surface area contributed by atoms with Crippen LogP contribution in [0.5, 0.6) is 11.5 Å². The standard InChI is InChI=1S/C9H7NO3/c11-7-3-10-6-2-9-8(1-5(6)7)12-4-13-9/h1-2,10H,3-4H2. The lowest BCUT2D eigenvalue weighted by Gasteiger charge is -1.99. The lowest BCUT2D eigenvalue weighted by Crippen LogP contribution is -2.00. The third-order valence-electron chi connectivity index (χ3n) is 2.25. The summed E-state index contributed by atoms with van der Waals surface area (Å²) in [7, 11) is 0. The van der Waals surface area contributed by atoms with Gasteiger partial charge in [0.2, 0.25) is 6.79 Å². The predicted octanol–water partition coefficient (Wildman–Crippen LogP) is 1.02. The average Bonchev–Trinajstić information content (AvgIpc) is 2.70. The van der Waals surface area contributed by atoms with Crippen LogP contribution in [0.2, 0.25) is 0 Å². The molecule has 0 bridgehead atoms. The second-order valence-corrected chi connectivity index (χ2v) is 3.03. The van der Waals surface area contributed by atoms with Crippen molar-refractivity contribution in [3.05, 3.63) is 17.7 Å². The highest BCUT2D eigenvalue weighted by molar-refractivity contribution is 6.08. The first kappa shape index (κ1) is 6.77. The average molecular weight is 177 g/mol. The highest BCUT2D eigenvalue weighted by Gasteiger charge is 2.24. The second kappa shape index (κ2) is 2.16. The maximum absolute atomic E-state index is 11.3. The molecule has 0 aromatic heterocycles. The van der Waals surface area contributed by atoms with Crippen molar-refractivity contribution in [1.29, 1.82) is 0 Å². The molecule has 0 amide bonds. The Morgan fingerprint density at radius 1 is 1.23 bits per heavy atom. The molecule has 0 spiro atoms. The number of Topliss-reactive ketones (excluding diaryl/α,β-unsaturated/α-hetero) is 1. The molecule has 2 heterocycles. The summed E-state index contributed by atoms with van der Waals surface area (Å²) in [6.07, 6.45) is 0. The fraction of sp³-hybridized carbons (Fsp3) is 0.222. The van der Waals surface area contributed by atoms with Gasteiger partial charge in [-0.3, -0.25) is 4.79 Å². The first-order chi connectivity index (χ1) is 6.34. The fourth-order valence-electron chi connectivity index (χ4n) is 1.59. The monoisotopic (exact) mass is 177 g/mol. The zero-order valence-corrected chi connectivity index (χ0v) is 6.79. The van der Waals surface area contributed by atoms with Crippen LogP contribution in [0.3, 0.4) is 0 Å². The molecule has 0 saturated carbocycles. The fourth-order valence-corrected chi connectivity index (χ4v) is 1.59. The van der Waals surface area contributed by atoms with Gasteiger partial charge >= 0.3 is 0 Å². The molecule has 0 unspecified atom stereocenters. The Morgan fingerprint density at radius 3 is 2.85 bits per heavy atom. The summed E-state index contributed by atoms with van der Waals surface area (Å²) >= 11 is 0. The van der Waals surface area contributed by atoms with Crippen LogP contribution >= 0.6 is 0 Å². The van der Waals surface area contributed by atoms with E-state index in [4.69, 9.17) is 9.47 Å². The van der Waals surface area contributed by atoms with Gasteiger partial charge in [0.15, 0.2) is 17.3 Å². The van der Waals surface area contributed by atoms with Gasteiger partial charge in [0.25, 0.3) is 0 Å². The highest BCUT2D eigenvalue weighted by atomic mass is 16.7. The summed E-state index contributed by atoms with van der Waals surface area (Å²) in [5, 5.41) is 2.99. The number of ether oxygens (including phenoxy) is 2. The van der Waals surface area contributed by atoms with Crippen molar-refractivity contribution in [1.82, 2.24) is 0 Å². The quantitative estimate of drug-likeness (QED) is 0.642. The topological polar surface area (TPSA) is 47.6 Å². The summed E-state index contributed by atoms with van der Waals surface area (Å²) in [5.74, 6) is 1.48. The Morgan fingerprint density at radius 2 is 2.00 bits per heavy atom. The molecule has 1 aromatic rings. The molecule has 0 radical (unpaired) electrons. The lowest BCUT2D eigenvalue weighted by atomic mass is 10.1. The predicted molar refractivity (Wildman–Crippen MR) is 45.4 cm³/mol. The molecule has 66 valence electrons. The molecule has 2 aliphatic rings. The van der Waals surface area contributed by atoms with E-state index in [0.717, 1.165) is 5.69 Å². The minimum atomic E-state index is 0.105. The van der Waals surface area contributed by atoms with Crippen LogP contribution in [0, 0.1) is 0 Å². The number of carbonyl (C=O) groups excluding carboxylic acids is 1. The van der Waals surface area contributed by atoms with Gasteiger partial charge in [0, 0.05) is 17.3 Å². The van der Waals surface area contributed by atoms with Crippen LogP contribution in [0.25, 0.3) is 0 Å². The van der Waals surface area contributed by atoms with Gasteiger partial charge in [0.05, 0.1) is 6.54 Å². The molecule has 2 aliphatic heterocycles. The van der Waals surface area contributed by atoms with Crippen LogP contribution in [-0.4, -0.2) is 19.1 Å². The Bertz CT molecular complexity index is 400. The zero-order valence-electron chi connectivity index (χ0n) is 6.79. The van der Waals surface area contributed by atoms with E-state index >= 15 is 0 Å². The van der Waals surface area contributed by atoms with Crippen LogP contribution in [0.15, 0.2) is 12.1 Å². The smallest absolute Gasteiger partial charge is 0.231 e. The van der Waals surface area contributed by atoms with Gasteiger partial charge in [0.1, 0.15) is 0 Å². The van der Waals surface area contributed by atoms with Crippen LogP contribution in [0.1, 0.15) is 10.4 Å². The van der Waals surface area contributed by atoms with Crippen LogP contribution in [0.4, 0.5) is 5.69 Å². The number of benzene rings is 1. The van der Waals surface area contributed by atoms with Gasteiger partial charge in [-0.1, -0.05) is 0 Å². The maximum atomic E-state index is 11.3. The van der Waals surface area contributed by atoms with Gasteiger partial charge < -0.3 is 14.8 Å². The molecule has 1 N–H and O–H groups in total. The van der Waals surface area contributed by atoms with Gasteiger partial charge in [-0.25, -0.2) is 0 Å². The van der Waals surface area contributed by atoms with Crippen LogP contribution in [-0.2, 0) is 0 Å². The number of nitrogens with one attached hydrogen (secondary N) is 1. The van der Waals surface area contributed by atoms with E-state index in [0.29, 0.717) is 23.6 Å². The molecule has 4 heteroatoms. The minimum absolute atomic E-state index is 0.105. The molecule has 13 heavy (non-hydrogen) atoms. The molecule has 0 aliphatic carbocycles. The third kappa shape index (κ3) is 0.824. The molecule has 0 saturated heterocycles. The summed E-state index contributed by atoms with van der Waals surface area (Å²) < 4.78 is 10.4. The van der Waals surface area contributed by atoms with Gasteiger partial charge in [-0.15, -0.1) is 0 Å². The molecule has 1 aromatic carbocycles. The van der Waals surface area contributed by atoms with E-state index in [-0.39, 0.29) is 12.6 Å². The van der Waals surface area contributed by atoms with E-state index < -0.39 is 0 Å². The van der Waals surface area contributed by atoms with E-state index in [1.54, 1.807) is 6.07 Å². The number of carbonyl (C=O) groups is 1. The summed E-state index contributed by atoms with van der Waals surface area (Å²) in [6.45, 7) is 0.616. The SMILES string of the molecule is O=C1CNc2cc3c(cc21)OCO3. The number of hydrogen-bond acceptors (Lipinski definition) is 4. The summed E-state index contributed by atoms with van der Waals surface area (Å²) in [4.78, 5) is 11.3. The Balaban J connectivity index is 2.22. The highest BCUT2D eigenvalue weighted by Crippen LogP contribution is 2.38. The Hall–Kier alpha value is -1.71. The normalized spacial score (nSPS) is 17.1. The zero-order chi connectivity index (χ0) is 8.84. The second-order valence-electron chi connectivity index (χ2n) is 3.03. The Kier molecular flexibility index (Phi) is 1.12. The molecular weight excluding hydrogens is 170 g/mol. The summed E-state index contributed by atoms with van der Waals surface area (Å²) in [6, 6.07) is 3.54. The Labute approximate surface area is 74.5 Å². The van der Waals surface area contributed by atoms with Crippen molar-refractivity contribution >= 4 is 11.5 Å². The molecular formula is C9H7NO3. The van der Waals surface area contributed by atoms with Gasteiger partial charge in [-0.2, -0.15) is 0 Å².